The number of fused-ring (bicyclic) bond motifs is 2. The van der Waals surface area contributed by atoms with Crippen LogP contribution in [0.4, 0.5) is 4.79 Å². The van der Waals surface area contributed by atoms with Crippen molar-refractivity contribution in [3.8, 4) is 0 Å². The molecule has 2 saturated heterocycles. The molecule has 2 fully saturated rings. The van der Waals surface area contributed by atoms with Gasteiger partial charge in [-0.25, -0.2) is 10.2 Å². The van der Waals surface area contributed by atoms with E-state index >= 15 is 0 Å². The lowest BCUT2D eigenvalue weighted by molar-refractivity contribution is 0.0471. The van der Waals surface area contributed by atoms with Crippen molar-refractivity contribution >= 4 is 6.09 Å². The van der Waals surface area contributed by atoms with Gasteiger partial charge >= 0.3 is 6.09 Å². The summed E-state index contributed by atoms with van der Waals surface area (Å²) in [6.45, 7) is 9.08. The molecule has 17 heavy (non-hydrogen) atoms. The van der Waals surface area contributed by atoms with Crippen LogP contribution in [0.25, 0.3) is 0 Å². The maximum Gasteiger partial charge on any atom is 0.422 e. The normalized spacial score (nSPS) is 32.3. The van der Waals surface area contributed by atoms with Crippen LogP contribution in [-0.4, -0.2) is 42.3 Å². The van der Waals surface area contributed by atoms with Gasteiger partial charge in [0.25, 0.3) is 0 Å². The van der Waals surface area contributed by atoms with E-state index in [1.54, 1.807) is 0 Å². The van der Waals surface area contributed by atoms with E-state index in [0.717, 1.165) is 19.5 Å². The van der Waals surface area contributed by atoms with Crippen LogP contribution in [0, 0.1) is 5.92 Å². The molecule has 2 aliphatic heterocycles. The van der Waals surface area contributed by atoms with Crippen molar-refractivity contribution in [1.29, 1.82) is 0 Å². The SMILES string of the molecule is CC(C)(C)OC(=O)NNC1CCN2CCC1C2. The van der Waals surface area contributed by atoms with Crippen LogP contribution in [0.1, 0.15) is 33.6 Å². The largest absolute Gasteiger partial charge is 0.443 e. The minimum Gasteiger partial charge on any atom is -0.443 e. The third-order valence-corrected chi connectivity index (χ3v) is 3.39. The van der Waals surface area contributed by atoms with Gasteiger partial charge in [-0.3, -0.25) is 5.43 Å². The molecule has 5 heteroatoms. The third kappa shape index (κ3) is 3.57. The zero-order chi connectivity index (χ0) is 12.5. The van der Waals surface area contributed by atoms with Crippen LogP contribution in [0.5, 0.6) is 0 Å². The van der Waals surface area contributed by atoms with Gasteiger partial charge in [0.15, 0.2) is 0 Å². The number of hydrogen-bond donors (Lipinski definition) is 2. The van der Waals surface area contributed by atoms with Gasteiger partial charge in [-0.1, -0.05) is 0 Å². The molecule has 98 valence electrons. The monoisotopic (exact) mass is 241 g/mol. The van der Waals surface area contributed by atoms with Gasteiger partial charge in [0.1, 0.15) is 5.60 Å². The average Bonchev–Trinajstić information content (AvgIpc) is 2.57. The van der Waals surface area contributed by atoms with Crippen molar-refractivity contribution in [2.24, 2.45) is 5.92 Å². The van der Waals surface area contributed by atoms with Gasteiger partial charge in [0.2, 0.25) is 0 Å². The summed E-state index contributed by atoms with van der Waals surface area (Å²) >= 11 is 0. The number of amides is 1. The van der Waals surface area contributed by atoms with Crippen LogP contribution < -0.4 is 10.9 Å². The highest BCUT2D eigenvalue weighted by molar-refractivity contribution is 5.67. The lowest BCUT2D eigenvalue weighted by Gasteiger charge is -2.31. The Hall–Kier alpha value is -0.810. The second kappa shape index (κ2) is 4.82. The fraction of sp³-hybridized carbons (Fsp3) is 0.917. The van der Waals surface area contributed by atoms with Crippen molar-refractivity contribution in [1.82, 2.24) is 15.8 Å². The van der Waals surface area contributed by atoms with Crippen molar-refractivity contribution < 1.29 is 9.53 Å². The topological polar surface area (TPSA) is 53.6 Å². The Morgan fingerprint density at radius 3 is 2.71 bits per heavy atom. The van der Waals surface area contributed by atoms with E-state index in [4.69, 9.17) is 4.74 Å². The van der Waals surface area contributed by atoms with E-state index in [-0.39, 0.29) is 0 Å². The molecule has 3 atom stereocenters. The quantitative estimate of drug-likeness (QED) is 0.711. The molecule has 2 heterocycles. The Balaban J connectivity index is 1.73. The number of piperidine rings is 1. The number of hydrogen-bond acceptors (Lipinski definition) is 4. The molecule has 0 aliphatic carbocycles. The molecular weight excluding hydrogens is 218 g/mol. The molecule has 0 spiro atoms. The van der Waals surface area contributed by atoms with Gasteiger partial charge in [-0.2, -0.15) is 0 Å². The number of carbonyl (C=O) groups is 1. The Bertz CT molecular complexity index is 288. The lowest BCUT2D eigenvalue weighted by atomic mass is 9.95. The first-order valence-electron chi connectivity index (χ1n) is 6.41. The van der Waals surface area contributed by atoms with Gasteiger partial charge < -0.3 is 9.64 Å². The van der Waals surface area contributed by atoms with E-state index in [1.165, 1.54) is 13.0 Å². The fourth-order valence-electron chi connectivity index (χ4n) is 2.60. The molecule has 0 radical (unpaired) electrons. The minimum absolute atomic E-state index is 0.390. The molecule has 2 rings (SSSR count). The van der Waals surface area contributed by atoms with E-state index in [1.807, 2.05) is 20.8 Å². The molecule has 2 aliphatic rings. The highest BCUT2D eigenvalue weighted by Crippen LogP contribution is 2.26. The summed E-state index contributed by atoms with van der Waals surface area (Å²) in [5, 5.41) is 0. The molecular formula is C12H23N3O2. The summed E-state index contributed by atoms with van der Waals surface area (Å²) in [4.78, 5) is 14.0. The number of carbonyl (C=O) groups excluding carboxylic acids is 1. The Morgan fingerprint density at radius 2 is 2.00 bits per heavy atom. The molecule has 0 aromatic rings. The van der Waals surface area contributed by atoms with Gasteiger partial charge in [-0.15, -0.1) is 0 Å². The first-order chi connectivity index (χ1) is 7.94. The van der Waals surface area contributed by atoms with Gasteiger partial charge in [0, 0.05) is 12.6 Å². The van der Waals surface area contributed by atoms with Crippen LogP contribution in [0.3, 0.4) is 0 Å². The van der Waals surface area contributed by atoms with Crippen molar-refractivity contribution in [3.05, 3.63) is 0 Å². The van der Waals surface area contributed by atoms with Crippen LogP contribution in [-0.2, 0) is 4.74 Å². The molecule has 0 aromatic carbocycles. The Labute approximate surface area is 103 Å². The highest BCUT2D eigenvalue weighted by atomic mass is 16.6. The standard InChI is InChI=1S/C12H23N3O2/c1-12(2,3)17-11(16)14-13-10-5-7-15-6-4-9(10)8-15/h9-10,13H,4-8H2,1-3H3,(H,14,16). The second-order valence-electron chi connectivity index (χ2n) is 6.02. The fourth-order valence-corrected chi connectivity index (χ4v) is 2.60. The first-order valence-corrected chi connectivity index (χ1v) is 6.41. The van der Waals surface area contributed by atoms with Gasteiger partial charge in [0.05, 0.1) is 0 Å². The molecule has 2 N–H and O–H groups in total. The molecule has 3 unspecified atom stereocenters. The summed E-state index contributed by atoms with van der Waals surface area (Å²) in [6.07, 6.45) is 1.94. The predicted molar refractivity (Wildman–Crippen MR) is 65.5 cm³/mol. The van der Waals surface area contributed by atoms with Crippen LogP contribution in [0.15, 0.2) is 0 Å². The maximum absolute atomic E-state index is 11.5. The van der Waals surface area contributed by atoms with Crippen LogP contribution >= 0.6 is 0 Å². The minimum atomic E-state index is -0.442. The van der Waals surface area contributed by atoms with E-state index in [2.05, 4.69) is 15.8 Å². The van der Waals surface area contributed by atoms with Crippen molar-refractivity contribution in [3.63, 3.8) is 0 Å². The zero-order valence-corrected chi connectivity index (χ0v) is 11.0. The lowest BCUT2D eigenvalue weighted by Crippen LogP contribution is -2.52. The predicted octanol–water partition coefficient (Wildman–Crippen LogP) is 1.11. The maximum atomic E-state index is 11.5. The van der Waals surface area contributed by atoms with Crippen molar-refractivity contribution in [2.75, 3.05) is 19.6 Å². The third-order valence-electron chi connectivity index (χ3n) is 3.39. The Kier molecular flexibility index (Phi) is 3.58. The van der Waals surface area contributed by atoms with E-state index in [9.17, 15) is 4.79 Å². The summed E-state index contributed by atoms with van der Waals surface area (Å²) in [6, 6.07) is 0.390. The molecule has 0 aromatic heterocycles. The average molecular weight is 241 g/mol. The second-order valence-corrected chi connectivity index (χ2v) is 6.02. The Morgan fingerprint density at radius 1 is 1.29 bits per heavy atom. The molecule has 2 bridgehead atoms. The summed E-state index contributed by atoms with van der Waals surface area (Å²) in [7, 11) is 0. The molecule has 5 nitrogen and oxygen atoms in total. The number of ether oxygens (including phenoxy) is 1. The first kappa shape index (κ1) is 12.6. The van der Waals surface area contributed by atoms with Crippen molar-refractivity contribution in [2.45, 2.75) is 45.3 Å². The van der Waals surface area contributed by atoms with Crippen LogP contribution in [0.2, 0.25) is 0 Å². The molecule has 1 amide bonds. The zero-order valence-electron chi connectivity index (χ0n) is 11.0. The number of rotatable bonds is 2. The van der Waals surface area contributed by atoms with E-state index < -0.39 is 11.7 Å². The summed E-state index contributed by atoms with van der Waals surface area (Å²) in [5.74, 6) is 0.665. The molecule has 0 saturated carbocycles. The highest BCUT2D eigenvalue weighted by Gasteiger charge is 2.34. The number of hydrazine groups is 1. The van der Waals surface area contributed by atoms with Gasteiger partial charge in [-0.05, 0) is 52.6 Å². The number of nitrogens with one attached hydrogen (secondary N) is 2. The number of nitrogens with zero attached hydrogens (tertiary/aromatic N) is 1. The summed E-state index contributed by atoms with van der Waals surface area (Å²) in [5.41, 5.74) is 5.34. The summed E-state index contributed by atoms with van der Waals surface area (Å²) < 4.78 is 5.19. The smallest absolute Gasteiger partial charge is 0.422 e. The van der Waals surface area contributed by atoms with E-state index in [0.29, 0.717) is 12.0 Å².